The number of amides is 1. The molecule has 0 spiro atoms. The van der Waals surface area contributed by atoms with Crippen LogP contribution < -0.4 is 14.8 Å². The monoisotopic (exact) mass is 411 g/mol. The summed E-state index contributed by atoms with van der Waals surface area (Å²) >= 11 is 0. The van der Waals surface area contributed by atoms with Crippen LogP contribution in [0.4, 0.5) is 0 Å². The molecule has 1 aromatic heterocycles. The Morgan fingerprint density at radius 2 is 1.83 bits per heavy atom. The van der Waals surface area contributed by atoms with Crippen molar-refractivity contribution in [2.45, 2.75) is 18.0 Å². The van der Waals surface area contributed by atoms with Crippen molar-refractivity contribution < 1.29 is 17.9 Å². The molecule has 2 N–H and O–H groups in total. The molecule has 3 aromatic rings. The predicted molar refractivity (Wildman–Crippen MR) is 109 cm³/mol. The van der Waals surface area contributed by atoms with Crippen LogP contribution in [0.5, 0.6) is 5.75 Å². The largest absolute Gasteiger partial charge is 0.487 e. The highest BCUT2D eigenvalue weighted by Crippen LogP contribution is 2.16. The SMILES string of the molecule is CNC(=O)c1ccc(S(=O)(=O)NCc2cccc(OCc3ccccn3)c2)cc1. The number of carbonyl (C=O) groups is 1. The van der Waals surface area contributed by atoms with Crippen LogP contribution >= 0.6 is 0 Å². The molecule has 0 atom stereocenters. The van der Waals surface area contributed by atoms with Crippen molar-refractivity contribution in [3.8, 4) is 5.75 Å². The van der Waals surface area contributed by atoms with Crippen molar-refractivity contribution in [2.24, 2.45) is 0 Å². The van der Waals surface area contributed by atoms with Crippen molar-refractivity contribution in [3.05, 3.63) is 89.7 Å². The molecule has 0 fully saturated rings. The first-order valence-corrected chi connectivity index (χ1v) is 10.4. The second-order valence-electron chi connectivity index (χ2n) is 6.19. The molecule has 0 saturated heterocycles. The van der Waals surface area contributed by atoms with Crippen LogP contribution in [0, 0.1) is 0 Å². The number of nitrogens with zero attached hydrogens (tertiary/aromatic N) is 1. The summed E-state index contributed by atoms with van der Waals surface area (Å²) in [5.74, 6) is 0.353. The third kappa shape index (κ3) is 5.63. The van der Waals surface area contributed by atoms with Gasteiger partial charge < -0.3 is 10.1 Å². The number of sulfonamides is 1. The minimum absolute atomic E-state index is 0.0905. The molecule has 29 heavy (non-hydrogen) atoms. The zero-order valence-corrected chi connectivity index (χ0v) is 16.6. The maximum absolute atomic E-state index is 12.5. The molecular formula is C21H21N3O4S. The van der Waals surface area contributed by atoms with Crippen molar-refractivity contribution in [3.63, 3.8) is 0 Å². The van der Waals surface area contributed by atoms with Gasteiger partial charge >= 0.3 is 0 Å². The summed E-state index contributed by atoms with van der Waals surface area (Å²) in [6, 6.07) is 18.5. The summed E-state index contributed by atoms with van der Waals surface area (Å²) in [6.45, 7) is 0.439. The molecule has 0 aliphatic rings. The first-order chi connectivity index (χ1) is 14.0. The van der Waals surface area contributed by atoms with Gasteiger partial charge in [0.15, 0.2) is 0 Å². The fraction of sp³-hybridized carbons (Fsp3) is 0.143. The summed E-state index contributed by atoms with van der Waals surface area (Å²) in [5.41, 5.74) is 1.96. The van der Waals surface area contributed by atoms with E-state index in [-0.39, 0.29) is 17.3 Å². The lowest BCUT2D eigenvalue weighted by molar-refractivity contribution is 0.0963. The summed E-state index contributed by atoms with van der Waals surface area (Å²) < 4.78 is 33.3. The standard InChI is InChI=1S/C21H21N3O4S/c1-22-21(25)17-8-10-20(11-9-17)29(26,27)24-14-16-5-4-7-19(13-16)28-15-18-6-2-3-12-23-18/h2-13,24H,14-15H2,1H3,(H,22,25). The van der Waals surface area contributed by atoms with E-state index in [9.17, 15) is 13.2 Å². The average molecular weight is 411 g/mol. The Labute approximate surface area is 169 Å². The van der Waals surface area contributed by atoms with Crippen molar-refractivity contribution in [1.29, 1.82) is 0 Å². The summed E-state index contributed by atoms with van der Waals surface area (Å²) in [7, 11) is -2.19. The molecule has 3 rings (SSSR count). The van der Waals surface area contributed by atoms with Crippen molar-refractivity contribution in [2.75, 3.05) is 7.05 Å². The van der Waals surface area contributed by atoms with Gasteiger partial charge in [0.05, 0.1) is 10.6 Å². The quantitative estimate of drug-likeness (QED) is 0.594. The van der Waals surface area contributed by atoms with Gasteiger partial charge in [-0.25, -0.2) is 13.1 Å². The Bertz CT molecular complexity index is 1070. The zero-order chi connectivity index (χ0) is 20.7. The molecule has 2 aromatic carbocycles. The Hall–Kier alpha value is -3.23. The van der Waals surface area contributed by atoms with Crippen LogP contribution in [0.3, 0.4) is 0 Å². The van der Waals surface area contributed by atoms with E-state index in [1.54, 1.807) is 24.4 Å². The first-order valence-electron chi connectivity index (χ1n) is 8.91. The Morgan fingerprint density at radius 3 is 2.52 bits per heavy atom. The van der Waals surface area contributed by atoms with E-state index in [2.05, 4.69) is 15.0 Å². The zero-order valence-electron chi connectivity index (χ0n) is 15.8. The lowest BCUT2D eigenvalue weighted by Crippen LogP contribution is -2.23. The van der Waals surface area contributed by atoms with E-state index in [1.807, 2.05) is 24.3 Å². The molecule has 0 aliphatic heterocycles. The molecule has 1 heterocycles. The number of pyridine rings is 1. The van der Waals surface area contributed by atoms with Crippen LogP contribution in [0.1, 0.15) is 21.6 Å². The van der Waals surface area contributed by atoms with E-state index >= 15 is 0 Å². The smallest absolute Gasteiger partial charge is 0.251 e. The molecule has 0 bridgehead atoms. The first kappa shape index (κ1) is 20.5. The highest BCUT2D eigenvalue weighted by Gasteiger charge is 2.14. The van der Waals surface area contributed by atoms with Crippen molar-refractivity contribution >= 4 is 15.9 Å². The van der Waals surface area contributed by atoms with Gasteiger partial charge in [0, 0.05) is 25.4 Å². The summed E-state index contributed by atoms with van der Waals surface area (Å²) in [6.07, 6.45) is 1.70. The van der Waals surface area contributed by atoms with E-state index in [0.717, 1.165) is 11.3 Å². The molecule has 0 saturated carbocycles. The summed E-state index contributed by atoms with van der Waals surface area (Å²) in [4.78, 5) is 15.9. The number of hydrogen-bond acceptors (Lipinski definition) is 5. The molecule has 150 valence electrons. The third-order valence-corrected chi connectivity index (χ3v) is 5.55. The van der Waals surface area contributed by atoms with E-state index < -0.39 is 10.0 Å². The van der Waals surface area contributed by atoms with E-state index in [1.165, 1.54) is 31.3 Å². The number of aromatic nitrogens is 1. The molecule has 8 heteroatoms. The normalized spacial score (nSPS) is 11.1. The number of nitrogens with one attached hydrogen (secondary N) is 2. The Kier molecular flexibility index (Phi) is 6.58. The number of benzene rings is 2. The molecule has 0 aliphatic carbocycles. The maximum atomic E-state index is 12.5. The van der Waals surface area contributed by atoms with Gasteiger partial charge in [0.25, 0.3) is 5.91 Å². The maximum Gasteiger partial charge on any atom is 0.251 e. The average Bonchev–Trinajstić information content (AvgIpc) is 2.77. The van der Waals surface area contributed by atoms with E-state index in [0.29, 0.717) is 17.9 Å². The van der Waals surface area contributed by atoms with Gasteiger partial charge in [-0.05, 0) is 54.1 Å². The van der Waals surface area contributed by atoms with Gasteiger partial charge in [-0.15, -0.1) is 0 Å². The minimum atomic E-state index is -3.71. The van der Waals surface area contributed by atoms with Gasteiger partial charge in [-0.3, -0.25) is 9.78 Å². The molecule has 0 radical (unpaired) electrons. The number of hydrogen-bond donors (Lipinski definition) is 2. The van der Waals surface area contributed by atoms with Crippen LogP contribution in [0.2, 0.25) is 0 Å². The second kappa shape index (κ2) is 9.31. The number of carbonyl (C=O) groups excluding carboxylic acids is 1. The highest BCUT2D eigenvalue weighted by atomic mass is 32.2. The minimum Gasteiger partial charge on any atom is -0.487 e. The molecular weight excluding hydrogens is 390 g/mol. The molecule has 0 unspecified atom stereocenters. The van der Waals surface area contributed by atoms with Gasteiger partial charge in [-0.2, -0.15) is 0 Å². The number of rotatable bonds is 8. The predicted octanol–water partition coefficient (Wildman–Crippen LogP) is 2.50. The lowest BCUT2D eigenvalue weighted by Gasteiger charge is -2.10. The number of ether oxygens (including phenoxy) is 1. The van der Waals surface area contributed by atoms with Crippen LogP contribution in [0.15, 0.2) is 77.8 Å². The van der Waals surface area contributed by atoms with Crippen LogP contribution in [-0.4, -0.2) is 26.4 Å². The fourth-order valence-electron chi connectivity index (χ4n) is 2.58. The van der Waals surface area contributed by atoms with E-state index in [4.69, 9.17) is 4.74 Å². The Balaban J connectivity index is 1.62. The Morgan fingerprint density at radius 1 is 1.03 bits per heavy atom. The molecule has 7 nitrogen and oxygen atoms in total. The topological polar surface area (TPSA) is 97.4 Å². The van der Waals surface area contributed by atoms with Gasteiger partial charge in [0.1, 0.15) is 12.4 Å². The summed E-state index contributed by atoms with van der Waals surface area (Å²) in [5, 5.41) is 2.49. The second-order valence-corrected chi connectivity index (χ2v) is 7.95. The van der Waals surface area contributed by atoms with Gasteiger partial charge in [-0.1, -0.05) is 18.2 Å². The highest BCUT2D eigenvalue weighted by molar-refractivity contribution is 7.89. The lowest BCUT2D eigenvalue weighted by atomic mass is 10.2. The van der Waals surface area contributed by atoms with Crippen LogP contribution in [-0.2, 0) is 23.2 Å². The molecule has 1 amide bonds. The fourth-order valence-corrected chi connectivity index (χ4v) is 3.60. The van der Waals surface area contributed by atoms with Gasteiger partial charge in [0.2, 0.25) is 10.0 Å². The van der Waals surface area contributed by atoms with Crippen molar-refractivity contribution in [1.82, 2.24) is 15.0 Å². The third-order valence-electron chi connectivity index (χ3n) is 4.13. The van der Waals surface area contributed by atoms with Crippen LogP contribution in [0.25, 0.3) is 0 Å².